The summed E-state index contributed by atoms with van der Waals surface area (Å²) in [7, 11) is 0. The molecule has 0 fully saturated rings. The lowest BCUT2D eigenvalue weighted by atomic mass is 10.2. The minimum Gasteiger partial charge on any atom is -0.338 e. The first-order valence-electron chi connectivity index (χ1n) is 8.32. The molecule has 0 radical (unpaired) electrons. The molecule has 120 valence electrons. The van der Waals surface area contributed by atoms with Crippen molar-refractivity contribution in [1.29, 1.82) is 0 Å². The fourth-order valence-corrected chi connectivity index (χ4v) is 2.17. The lowest BCUT2D eigenvalue weighted by Crippen LogP contribution is -2.35. The Morgan fingerprint density at radius 2 is 1.95 bits per heavy atom. The van der Waals surface area contributed by atoms with E-state index in [4.69, 9.17) is 4.98 Å². The Bertz CT molecular complexity index is 417. The number of rotatable bonds is 9. The summed E-state index contributed by atoms with van der Waals surface area (Å²) >= 11 is 0. The van der Waals surface area contributed by atoms with Gasteiger partial charge in [-0.05, 0) is 26.7 Å². The van der Waals surface area contributed by atoms with Crippen molar-refractivity contribution in [1.82, 2.24) is 15.3 Å². The van der Waals surface area contributed by atoms with Gasteiger partial charge in [-0.15, -0.1) is 0 Å². The van der Waals surface area contributed by atoms with Crippen LogP contribution >= 0.6 is 0 Å². The maximum Gasteiger partial charge on any atom is 0.225 e. The fraction of sp³-hybridized carbons (Fsp3) is 0.765. The summed E-state index contributed by atoms with van der Waals surface area (Å²) < 4.78 is 0. The Kier molecular flexibility index (Phi) is 7.65. The molecule has 0 amide bonds. The van der Waals surface area contributed by atoms with Gasteiger partial charge >= 0.3 is 0 Å². The Hall–Kier alpha value is -1.16. The highest BCUT2D eigenvalue weighted by molar-refractivity contribution is 5.34. The van der Waals surface area contributed by atoms with Crippen molar-refractivity contribution in [3.63, 3.8) is 0 Å². The molecule has 0 saturated carbocycles. The lowest BCUT2D eigenvalue weighted by molar-refractivity contribution is 0.573. The van der Waals surface area contributed by atoms with E-state index >= 15 is 0 Å². The van der Waals surface area contributed by atoms with Crippen molar-refractivity contribution in [2.24, 2.45) is 0 Å². The largest absolute Gasteiger partial charge is 0.338 e. The number of nitrogens with zero attached hydrogens (tertiary/aromatic N) is 3. The molecule has 1 N–H and O–H groups in total. The summed E-state index contributed by atoms with van der Waals surface area (Å²) in [6, 6.07) is 0.959. The summed E-state index contributed by atoms with van der Waals surface area (Å²) in [5, 5.41) is 3.43. The molecule has 1 heterocycles. The average Bonchev–Trinajstić information content (AvgIpc) is 2.46. The molecular formula is C17H32N4. The monoisotopic (exact) mass is 292 g/mol. The smallest absolute Gasteiger partial charge is 0.225 e. The zero-order valence-corrected chi connectivity index (χ0v) is 14.6. The van der Waals surface area contributed by atoms with E-state index in [1.54, 1.807) is 0 Å². The van der Waals surface area contributed by atoms with Gasteiger partial charge in [0.25, 0.3) is 0 Å². The second kappa shape index (κ2) is 8.98. The molecule has 0 saturated heterocycles. The average molecular weight is 292 g/mol. The second-order valence-electron chi connectivity index (χ2n) is 6.12. The van der Waals surface area contributed by atoms with Crippen LogP contribution in [0.25, 0.3) is 0 Å². The van der Waals surface area contributed by atoms with Crippen LogP contribution in [0.4, 0.5) is 5.95 Å². The summed E-state index contributed by atoms with van der Waals surface area (Å²) in [5.74, 6) is 0.878. The van der Waals surface area contributed by atoms with Crippen molar-refractivity contribution < 1.29 is 0 Å². The normalized spacial score (nSPS) is 12.7. The lowest BCUT2D eigenvalue weighted by Gasteiger charge is -2.29. The van der Waals surface area contributed by atoms with E-state index in [2.05, 4.69) is 56.7 Å². The predicted octanol–water partition coefficient (Wildman–Crippen LogP) is 3.69. The van der Waals surface area contributed by atoms with E-state index in [1.165, 1.54) is 18.4 Å². The van der Waals surface area contributed by atoms with E-state index in [-0.39, 0.29) is 0 Å². The molecule has 1 atom stereocenters. The van der Waals surface area contributed by atoms with Gasteiger partial charge in [0.05, 0.1) is 0 Å². The van der Waals surface area contributed by atoms with Gasteiger partial charge in [0.1, 0.15) is 0 Å². The number of nitrogens with one attached hydrogen (secondary N) is 1. The first kappa shape index (κ1) is 17.9. The Morgan fingerprint density at radius 3 is 2.48 bits per heavy atom. The number of hydrogen-bond donors (Lipinski definition) is 1. The van der Waals surface area contributed by atoms with E-state index < -0.39 is 0 Å². The number of hydrogen-bond acceptors (Lipinski definition) is 4. The predicted molar refractivity (Wildman–Crippen MR) is 90.8 cm³/mol. The molecule has 4 nitrogen and oxygen atoms in total. The van der Waals surface area contributed by atoms with Crippen LogP contribution in [-0.2, 0) is 6.54 Å². The molecule has 1 rings (SSSR count). The molecule has 1 unspecified atom stereocenters. The quantitative estimate of drug-likeness (QED) is 0.753. The van der Waals surface area contributed by atoms with Gasteiger partial charge < -0.3 is 10.2 Å². The van der Waals surface area contributed by atoms with Gasteiger partial charge in [-0.1, -0.05) is 34.1 Å². The van der Waals surface area contributed by atoms with Crippen LogP contribution in [0.1, 0.15) is 65.1 Å². The standard InChI is InChI=1S/C17H32N4/c1-7-9-10-21(14(5)8-2)17-19-12-16(15(6)20-17)11-18-13(3)4/h12-14,18H,7-11H2,1-6H3. The molecule has 1 aromatic rings. The van der Waals surface area contributed by atoms with Crippen LogP contribution in [0.5, 0.6) is 0 Å². The SMILES string of the molecule is CCCCN(c1ncc(CNC(C)C)c(C)n1)C(C)CC. The summed E-state index contributed by atoms with van der Waals surface area (Å²) in [6.45, 7) is 15.0. The molecule has 4 heteroatoms. The third-order valence-electron chi connectivity index (χ3n) is 3.90. The highest BCUT2D eigenvalue weighted by atomic mass is 15.3. The van der Waals surface area contributed by atoms with E-state index in [1.807, 2.05) is 6.20 Å². The Balaban J connectivity index is 2.87. The molecule has 1 aromatic heterocycles. The Labute approximate surface area is 130 Å². The first-order chi connectivity index (χ1) is 9.99. The molecule has 21 heavy (non-hydrogen) atoms. The fourth-order valence-electron chi connectivity index (χ4n) is 2.17. The zero-order valence-electron chi connectivity index (χ0n) is 14.6. The van der Waals surface area contributed by atoms with Crippen LogP contribution < -0.4 is 10.2 Å². The van der Waals surface area contributed by atoms with Crippen molar-refractivity contribution in [2.45, 2.75) is 79.4 Å². The molecular weight excluding hydrogens is 260 g/mol. The van der Waals surface area contributed by atoms with Crippen LogP contribution in [0, 0.1) is 6.92 Å². The molecule has 0 aromatic carbocycles. The van der Waals surface area contributed by atoms with Crippen LogP contribution in [-0.4, -0.2) is 28.6 Å². The van der Waals surface area contributed by atoms with Gasteiger partial charge in [0.2, 0.25) is 5.95 Å². The molecule has 0 aliphatic carbocycles. The van der Waals surface area contributed by atoms with Gasteiger partial charge in [-0.25, -0.2) is 9.97 Å². The molecule has 0 aliphatic rings. The Morgan fingerprint density at radius 1 is 1.24 bits per heavy atom. The van der Waals surface area contributed by atoms with Crippen molar-refractivity contribution in [3.8, 4) is 0 Å². The number of aromatic nitrogens is 2. The minimum absolute atomic E-state index is 0.477. The minimum atomic E-state index is 0.477. The molecule has 0 bridgehead atoms. The number of anilines is 1. The third-order valence-corrected chi connectivity index (χ3v) is 3.90. The number of unbranched alkanes of at least 4 members (excludes halogenated alkanes) is 1. The van der Waals surface area contributed by atoms with Crippen molar-refractivity contribution >= 4 is 5.95 Å². The topological polar surface area (TPSA) is 41.1 Å². The summed E-state index contributed by atoms with van der Waals surface area (Å²) in [6.07, 6.45) is 5.48. The van der Waals surface area contributed by atoms with Crippen molar-refractivity contribution in [2.75, 3.05) is 11.4 Å². The zero-order chi connectivity index (χ0) is 15.8. The highest BCUT2D eigenvalue weighted by Crippen LogP contribution is 2.16. The van der Waals surface area contributed by atoms with Crippen LogP contribution in [0.2, 0.25) is 0 Å². The summed E-state index contributed by atoms with van der Waals surface area (Å²) in [5.41, 5.74) is 2.27. The van der Waals surface area contributed by atoms with Crippen LogP contribution in [0.15, 0.2) is 6.20 Å². The maximum absolute atomic E-state index is 4.75. The first-order valence-corrected chi connectivity index (χ1v) is 8.32. The van der Waals surface area contributed by atoms with Gasteiger partial charge in [0.15, 0.2) is 0 Å². The molecule has 0 aliphatic heterocycles. The van der Waals surface area contributed by atoms with E-state index in [0.29, 0.717) is 12.1 Å². The van der Waals surface area contributed by atoms with Crippen molar-refractivity contribution in [3.05, 3.63) is 17.5 Å². The van der Waals surface area contributed by atoms with Gasteiger partial charge in [0, 0.05) is 42.6 Å². The maximum atomic E-state index is 4.75. The van der Waals surface area contributed by atoms with Gasteiger partial charge in [-0.2, -0.15) is 0 Å². The van der Waals surface area contributed by atoms with E-state index in [0.717, 1.165) is 31.2 Å². The van der Waals surface area contributed by atoms with E-state index in [9.17, 15) is 0 Å². The van der Waals surface area contributed by atoms with Gasteiger partial charge in [-0.3, -0.25) is 0 Å². The molecule has 0 spiro atoms. The summed E-state index contributed by atoms with van der Waals surface area (Å²) in [4.78, 5) is 11.7. The van der Waals surface area contributed by atoms with Crippen LogP contribution in [0.3, 0.4) is 0 Å². The third kappa shape index (κ3) is 5.62. The number of aryl methyl sites for hydroxylation is 1. The second-order valence-corrected chi connectivity index (χ2v) is 6.12. The highest BCUT2D eigenvalue weighted by Gasteiger charge is 2.16.